The SMILES string of the molecule is CCCCC[C@H](O)C=C[C@@H]1[C@H]2CC(=CCSCC(=O)N(C)C)C[C@H]2C[C@H]1O. The molecule has 2 saturated carbocycles. The van der Waals surface area contributed by atoms with E-state index in [2.05, 4.69) is 19.1 Å². The fourth-order valence-corrected chi connectivity index (χ4v) is 5.25. The number of unbranched alkanes of at least 4 members (excludes halogenated alkanes) is 2. The van der Waals surface area contributed by atoms with Crippen LogP contribution in [0, 0.1) is 17.8 Å². The number of hydrogen-bond acceptors (Lipinski definition) is 4. The van der Waals surface area contributed by atoms with Crippen LogP contribution in [0.5, 0.6) is 0 Å². The summed E-state index contributed by atoms with van der Waals surface area (Å²) in [6.07, 6.45) is 12.8. The monoisotopic (exact) mass is 395 g/mol. The van der Waals surface area contributed by atoms with E-state index in [1.807, 2.05) is 6.08 Å². The fourth-order valence-electron chi connectivity index (χ4n) is 4.35. The Bertz CT molecular complexity index is 532. The predicted octanol–water partition coefficient (Wildman–Crippen LogP) is 3.64. The number of aliphatic hydroxyl groups excluding tert-OH is 2. The number of rotatable bonds is 10. The van der Waals surface area contributed by atoms with Gasteiger partial charge in [-0.15, -0.1) is 11.8 Å². The third-order valence-electron chi connectivity index (χ3n) is 5.98. The smallest absolute Gasteiger partial charge is 0.232 e. The summed E-state index contributed by atoms with van der Waals surface area (Å²) >= 11 is 1.67. The number of allylic oxidation sites excluding steroid dienone is 1. The van der Waals surface area contributed by atoms with Crippen LogP contribution in [0.15, 0.2) is 23.8 Å². The van der Waals surface area contributed by atoms with Crippen LogP contribution >= 0.6 is 11.8 Å². The van der Waals surface area contributed by atoms with Gasteiger partial charge >= 0.3 is 0 Å². The number of carbonyl (C=O) groups is 1. The van der Waals surface area contributed by atoms with Gasteiger partial charge in [-0.05, 0) is 37.5 Å². The zero-order chi connectivity index (χ0) is 19.8. The van der Waals surface area contributed by atoms with Crippen LogP contribution < -0.4 is 0 Å². The predicted molar refractivity (Wildman–Crippen MR) is 114 cm³/mol. The molecule has 0 aromatic carbocycles. The minimum atomic E-state index is -0.384. The molecular formula is C22H37NO3S. The van der Waals surface area contributed by atoms with Crippen LogP contribution in [0.2, 0.25) is 0 Å². The van der Waals surface area contributed by atoms with Crippen LogP contribution in [0.1, 0.15) is 51.9 Å². The standard InChI is InChI=1S/C22H37NO3S/c1-4-5-6-7-18(24)8-9-19-20-13-16(12-17(20)14-21(19)25)10-11-27-15-22(26)23(2)3/h8-10,17-21,24-25H,4-7,11-15H2,1-3H3/t17-,18-,19+,20-,21+/m0/s1. The molecule has 0 aliphatic heterocycles. The first kappa shape index (κ1) is 22.5. The summed E-state index contributed by atoms with van der Waals surface area (Å²) in [6.45, 7) is 2.17. The van der Waals surface area contributed by atoms with E-state index in [1.54, 1.807) is 30.8 Å². The first-order valence-electron chi connectivity index (χ1n) is 10.4. The minimum Gasteiger partial charge on any atom is -0.392 e. The van der Waals surface area contributed by atoms with E-state index in [4.69, 9.17) is 0 Å². The summed E-state index contributed by atoms with van der Waals surface area (Å²) in [7, 11) is 3.58. The lowest BCUT2D eigenvalue weighted by Gasteiger charge is -2.17. The van der Waals surface area contributed by atoms with Crippen molar-refractivity contribution < 1.29 is 15.0 Å². The van der Waals surface area contributed by atoms with Crippen molar-refractivity contribution in [1.29, 1.82) is 0 Å². The van der Waals surface area contributed by atoms with E-state index in [0.717, 1.165) is 50.7 Å². The van der Waals surface area contributed by atoms with Gasteiger partial charge in [-0.1, -0.05) is 50.0 Å². The van der Waals surface area contributed by atoms with Crippen LogP contribution in [-0.4, -0.2) is 58.8 Å². The van der Waals surface area contributed by atoms with E-state index in [-0.39, 0.29) is 24.0 Å². The largest absolute Gasteiger partial charge is 0.392 e. The highest BCUT2D eigenvalue weighted by Gasteiger charge is 2.44. The second-order valence-corrected chi connectivity index (χ2v) is 9.36. The number of amides is 1. The Hall–Kier alpha value is -0.780. The summed E-state index contributed by atoms with van der Waals surface area (Å²) in [5.74, 6) is 2.81. The van der Waals surface area contributed by atoms with Gasteiger partial charge in [0.25, 0.3) is 0 Å². The molecule has 2 fully saturated rings. The molecule has 27 heavy (non-hydrogen) atoms. The number of carbonyl (C=O) groups excluding carboxylic acids is 1. The molecule has 1 amide bonds. The lowest BCUT2D eigenvalue weighted by Crippen LogP contribution is -2.23. The lowest BCUT2D eigenvalue weighted by molar-refractivity contribution is -0.125. The topological polar surface area (TPSA) is 60.8 Å². The van der Waals surface area contributed by atoms with E-state index in [1.165, 1.54) is 5.57 Å². The van der Waals surface area contributed by atoms with Crippen molar-refractivity contribution in [2.45, 2.75) is 64.1 Å². The third kappa shape index (κ3) is 6.95. The molecule has 0 aromatic heterocycles. The third-order valence-corrected chi connectivity index (χ3v) is 6.84. The molecule has 4 nitrogen and oxygen atoms in total. The molecule has 0 saturated heterocycles. The highest BCUT2D eigenvalue weighted by molar-refractivity contribution is 8.00. The molecule has 0 unspecified atom stereocenters. The fraction of sp³-hybridized carbons (Fsp3) is 0.773. The van der Waals surface area contributed by atoms with Crippen molar-refractivity contribution in [2.75, 3.05) is 25.6 Å². The molecule has 0 bridgehead atoms. The molecule has 5 heteroatoms. The first-order valence-corrected chi connectivity index (χ1v) is 11.6. The highest BCUT2D eigenvalue weighted by atomic mass is 32.2. The van der Waals surface area contributed by atoms with E-state index >= 15 is 0 Å². The second-order valence-electron chi connectivity index (χ2n) is 8.33. The average molecular weight is 396 g/mol. The first-order chi connectivity index (χ1) is 12.9. The summed E-state index contributed by atoms with van der Waals surface area (Å²) in [5.41, 5.74) is 1.48. The molecule has 0 aromatic rings. The Morgan fingerprint density at radius 1 is 1.33 bits per heavy atom. The molecule has 2 N–H and O–H groups in total. The van der Waals surface area contributed by atoms with Crippen molar-refractivity contribution in [2.24, 2.45) is 17.8 Å². The summed E-state index contributed by atoms with van der Waals surface area (Å²) < 4.78 is 0. The summed E-state index contributed by atoms with van der Waals surface area (Å²) in [6, 6.07) is 0. The van der Waals surface area contributed by atoms with E-state index in [9.17, 15) is 15.0 Å². The van der Waals surface area contributed by atoms with Gasteiger partial charge in [-0.25, -0.2) is 0 Å². The number of hydrogen-bond donors (Lipinski definition) is 2. The average Bonchev–Trinajstić information content (AvgIpc) is 3.13. The van der Waals surface area contributed by atoms with Crippen molar-refractivity contribution in [3.8, 4) is 0 Å². The zero-order valence-electron chi connectivity index (χ0n) is 17.1. The van der Waals surface area contributed by atoms with E-state index < -0.39 is 0 Å². The normalized spacial score (nSPS) is 30.2. The van der Waals surface area contributed by atoms with Gasteiger partial charge in [0.2, 0.25) is 5.91 Å². The van der Waals surface area contributed by atoms with Crippen molar-refractivity contribution >= 4 is 17.7 Å². The van der Waals surface area contributed by atoms with Crippen molar-refractivity contribution in [1.82, 2.24) is 4.90 Å². The van der Waals surface area contributed by atoms with Crippen LogP contribution in [0.4, 0.5) is 0 Å². The van der Waals surface area contributed by atoms with Gasteiger partial charge in [-0.2, -0.15) is 0 Å². The molecule has 2 aliphatic carbocycles. The molecule has 0 radical (unpaired) electrons. The van der Waals surface area contributed by atoms with Crippen LogP contribution in [0.3, 0.4) is 0 Å². The Kier molecular flexibility index (Phi) is 9.40. The Morgan fingerprint density at radius 2 is 2.11 bits per heavy atom. The molecule has 154 valence electrons. The van der Waals surface area contributed by atoms with E-state index in [0.29, 0.717) is 17.6 Å². The Morgan fingerprint density at radius 3 is 2.81 bits per heavy atom. The minimum absolute atomic E-state index is 0.160. The van der Waals surface area contributed by atoms with Crippen LogP contribution in [-0.2, 0) is 4.79 Å². The number of thioether (sulfide) groups is 1. The molecule has 0 heterocycles. The summed E-state index contributed by atoms with van der Waals surface area (Å²) in [4.78, 5) is 13.3. The van der Waals surface area contributed by atoms with Gasteiger partial charge < -0.3 is 15.1 Å². The number of fused-ring (bicyclic) bond motifs is 1. The van der Waals surface area contributed by atoms with Gasteiger partial charge in [-0.3, -0.25) is 4.79 Å². The molecule has 5 atom stereocenters. The molecule has 2 rings (SSSR count). The Labute approximate surface area is 169 Å². The van der Waals surface area contributed by atoms with Gasteiger partial charge in [0, 0.05) is 25.8 Å². The number of nitrogens with zero attached hydrogens (tertiary/aromatic N) is 1. The maximum Gasteiger partial charge on any atom is 0.232 e. The van der Waals surface area contributed by atoms with Crippen LogP contribution in [0.25, 0.3) is 0 Å². The maximum absolute atomic E-state index is 11.6. The van der Waals surface area contributed by atoms with Crippen molar-refractivity contribution in [3.05, 3.63) is 23.8 Å². The summed E-state index contributed by atoms with van der Waals surface area (Å²) in [5, 5.41) is 20.6. The van der Waals surface area contributed by atoms with Gasteiger partial charge in [0.1, 0.15) is 0 Å². The Balaban J connectivity index is 1.80. The van der Waals surface area contributed by atoms with Crippen molar-refractivity contribution in [3.63, 3.8) is 0 Å². The maximum atomic E-state index is 11.6. The van der Waals surface area contributed by atoms with Gasteiger partial charge in [0.15, 0.2) is 0 Å². The molecule has 2 aliphatic rings. The quantitative estimate of drug-likeness (QED) is 0.438. The number of aliphatic hydroxyl groups is 2. The highest BCUT2D eigenvalue weighted by Crippen LogP contribution is 2.50. The zero-order valence-corrected chi connectivity index (χ0v) is 18.0. The molecular weight excluding hydrogens is 358 g/mol. The molecule has 0 spiro atoms. The van der Waals surface area contributed by atoms with Gasteiger partial charge in [0.05, 0.1) is 18.0 Å². The second kappa shape index (κ2) is 11.3. The lowest BCUT2D eigenvalue weighted by atomic mass is 9.90.